The quantitative estimate of drug-likeness (QED) is 0.869. The highest BCUT2D eigenvalue weighted by atomic mass is 79.9. The van der Waals surface area contributed by atoms with Crippen molar-refractivity contribution in [3.05, 3.63) is 27.8 Å². The minimum absolute atomic E-state index is 0.681. The molecule has 0 bridgehead atoms. The van der Waals surface area contributed by atoms with Crippen LogP contribution in [0.3, 0.4) is 0 Å². The third-order valence-electron chi connectivity index (χ3n) is 3.55. The SMILES string of the molecule is CCc1nn(C)c(Cn2cc(CNC3CC3)nn2)c1Br. The van der Waals surface area contributed by atoms with Crippen LogP contribution in [0.15, 0.2) is 10.7 Å². The third kappa shape index (κ3) is 2.93. The predicted molar refractivity (Wildman–Crippen MR) is 79.3 cm³/mol. The predicted octanol–water partition coefficient (Wildman–Crippen LogP) is 1.64. The lowest BCUT2D eigenvalue weighted by Gasteiger charge is -2.02. The summed E-state index contributed by atoms with van der Waals surface area (Å²) in [7, 11) is 1.96. The first-order valence-electron chi connectivity index (χ1n) is 7.00. The molecular weight excluding hydrogens is 320 g/mol. The molecular formula is C13H19BrN6. The Morgan fingerprint density at radius 3 is 2.90 bits per heavy atom. The van der Waals surface area contributed by atoms with E-state index in [9.17, 15) is 0 Å². The van der Waals surface area contributed by atoms with Gasteiger partial charge in [-0.2, -0.15) is 5.10 Å². The van der Waals surface area contributed by atoms with E-state index in [-0.39, 0.29) is 0 Å². The molecule has 108 valence electrons. The Balaban J connectivity index is 1.69. The minimum atomic E-state index is 0.681. The second-order valence-electron chi connectivity index (χ2n) is 5.25. The molecule has 1 aliphatic rings. The molecule has 0 aliphatic heterocycles. The molecule has 2 aromatic heterocycles. The number of nitrogens with zero attached hydrogens (tertiary/aromatic N) is 5. The summed E-state index contributed by atoms with van der Waals surface area (Å²) in [5.74, 6) is 0. The standard InChI is InChI=1S/C13H19BrN6/c1-3-11-13(14)12(19(2)17-11)8-20-7-10(16-18-20)6-15-9-4-5-9/h7,9,15H,3-6,8H2,1-2H3. The van der Waals surface area contributed by atoms with Crippen molar-refractivity contribution in [1.82, 2.24) is 30.1 Å². The maximum absolute atomic E-state index is 4.50. The number of aryl methyl sites for hydroxylation is 2. The summed E-state index contributed by atoms with van der Waals surface area (Å²) in [4.78, 5) is 0. The molecule has 0 saturated heterocycles. The fraction of sp³-hybridized carbons (Fsp3) is 0.615. The van der Waals surface area contributed by atoms with Crippen LogP contribution >= 0.6 is 15.9 Å². The van der Waals surface area contributed by atoms with Crippen molar-refractivity contribution in [3.63, 3.8) is 0 Å². The van der Waals surface area contributed by atoms with Gasteiger partial charge in [-0.3, -0.25) is 4.68 Å². The maximum atomic E-state index is 4.50. The fourth-order valence-corrected chi connectivity index (χ4v) is 2.92. The smallest absolute Gasteiger partial charge is 0.0965 e. The van der Waals surface area contributed by atoms with Gasteiger partial charge < -0.3 is 5.32 Å². The normalized spacial score (nSPS) is 14.9. The topological polar surface area (TPSA) is 60.6 Å². The Morgan fingerprint density at radius 1 is 1.45 bits per heavy atom. The van der Waals surface area contributed by atoms with E-state index in [1.165, 1.54) is 12.8 Å². The van der Waals surface area contributed by atoms with E-state index in [1.807, 2.05) is 22.6 Å². The van der Waals surface area contributed by atoms with Gasteiger partial charge in [0.25, 0.3) is 0 Å². The summed E-state index contributed by atoms with van der Waals surface area (Å²) < 4.78 is 4.85. The van der Waals surface area contributed by atoms with Crippen molar-refractivity contribution < 1.29 is 0 Å². The molecule has 0 spiro atoms. The van der Waals surface area contributed by atoms with Crippen LogP contribution < -0.4 is 5.32 Å². The lowest BCUT2D eigenvalue weighted by atomic mass is 10.3. The monoisotopic (exact) mass is 338 g/mol. The van der Waals surface area contributed by atoms with Gasteiger partial charge in [0.15, 0.2) is 0 Å². The molecule has 20 heavy (non-hydrogen) atoms. The first-order chi connectivity index (χ1) is 9.67. The van der Waals surface area contributed by atoms with Gasteiger partial charge in [0.05, 0.1) is 34.3 Å². The van der Waals surface area contributed by atoms with Gasteiger partial charge in [0.2, 0.25) is 0 Å². The number of rotatable bonds is 6. The van der Waals surface area contributed by atoms with Gasteiger partial charge in [0, 0.05) is 19.6 Å². The summed E-state index contributed by atoms with van der Waals surface area (Å²) >= 11 is 3.63. The zero-order valence-corrected chi connectivity index (χ0v) is 13.4. The molecule has 1 N–H and O–H groups in total. The fourth-order valence-electron chi connectivity index (χ4n) is 2.18. The van der Waals surface area contributed by atoms with Gasteiger partial charge in [-0.25, -0.2) is 4.68 Å². The average molecular weight is 339 g/mol. The van der Waals surface area contributed by atoms with Crippen LogP contribution in [0.2, 0.25) is 0 Å². The highest BCUT2D eigenvalue weighted by Gasteiger charge is 2.20. The van der Waals surface area contributed by atoms with Crippen LogP contribution in [0.5, 0.6) is 0 Å². The molecule has 2 heterocycles. The molecule has 1 fully saturated rings. The van der Waals surface area contributed by atoms with Gasteiger partial charge in [-0.1, -0.05) is 12.1 Å². The molecule has 0 aromatic carbocycles. The van der Waals surface area contributed by atoms with E-state index < -0.39 is 0 Å². The highest BCUT2D eigenvalue weighted by Crippen LogP contribution is 2.22. The van der Waals surface area contributed by atoms with Crippen molar-refractivity contribution in [3.8, 4) is 0 Å². The Hall–Kier alpha value is -1.21. The first-order valence-corrected chi connectivity index (χ1v) is 7.79. The molecule has 0 atom stereocenters. The van der Waals surface area contributed by atoms with Crippen molar-refractivity contribution in [1.29, 1.82) is 0 Å². The highest BCUT2D eigenvalue weighted by molar-refractivity contribution is 9.10. The zero-order valence-electron chi connectivity index (χ0n) is 11.8. The van der Waals surface area contributed by atoms with E-state index in [4.69, 9.17) is 0 Å². The van der Waals surface area contributed by atoms with Crippen LogP contribution in [-0.2, 0) is 26.6 Å². The van der Waals surface area contributed by atoms with Crippen molar-refractivity contribution in [2.24, 2.45) is 7.05 Å². The van der Waals surface area contributed by atoms with Gasteiger partial charge >= 0.3 is 0 Å². The Bertz CT molecular complexity index is 598. The number of aromatic nitrogens is 5. The van der Waals surface area contributed by atoms with Gasteiger partial charge in [-0.05, 0) is 35.2 Å². The van der Waals surface area contributed by atoms with E-state index in [2.05, 4.69) is 43.6 Å². The summed E-state index contributed by atoms with van der Waals surface area (Å²) in [5.41, 5.74) is 3.19. The van der Waals surface area contributed by atoms with E-state index in [0.717, 1.165) is 34.5 Å². The molecule has 1 saturated carbocycles. The molecule has 3 rings (SSSR count). The molecule has 6 nitrogen and oxygen atoms in total. The van der Waals surface area contributed by atoms with E-state index in [0.29, 0.717) is 12.6 Å². The molecule has 7 heteroatoms. The minimum Gasteiger partial charge on any atom is -0.308 e. The van der Waals surface area contributed by atoms with Crippen LogP contribution in [0.4, 0.5) is 0 Å². The Labute approximate surface area is 126 Å². The van der Waals surface area contributed by atoms with Crippen LogP contribution in [0.1, 0.15) is 36.8 Å². The molecule has 2 aromatic rings. The molecule has 0 radical (unpaired) electrons. The maximum Gasteiger partial charge on any atom is 0.0965 e. The third-order valence-corrected chi connectivity index (χ3v) is 4.47. The lowest BCUT2D eigenvalue weighted by Crippen LogP contribution is -2.15. The lowest BCUT2D eigenvalue weighted by molar-refractivity contribution is 0.597. The molecule has 0 unspecified atom stereocenters. The number of nitrogens with one attached hydrogen (secondary N) is 1. The largest absolute Gasteiger partial charge is 0.308 e. The van der Waals surface area contributed by atoms with Gasteiger partial charge in [0.1, 0.15) is 0 Å². The zero-order chi connectivity index (χ0) is 14.1. The summed E-state index contributed by atoms with van der Waals surface area (Å²) in [6, 6.07) is 0.693. The van der Waals surface area contributed by atoms with Crippen LogP contribution in [0, 0.1) is 0 Å². The van der Waals surface area contributed by atoms with Crippen LogP contribution in [0.25, 0.3) is 0 Å². The van der Waals surface area contributed by atoms with E-state index in [1.54, 1.807) is 0 Å². The Kier molecular flexibility index (Phi) is 3.89. The average Bonchev–Trinajstić information content (AvgIpc) is 3.11. The van der Waals surface area contributed by atoms with Crippen molar-refractivity contribution in [2.75, 3.05) is 0 Å². The number of hydrogen-bond donors (Lipinski definition) is 1. The van der Waals surface area contributed by atoms with Crippen molar-refractivity contribution in [2.45, 2.75) is 45.3 Å². The van der Waals surface area contributed by atoms with E-state index >= 15 is 0 Å². The summed E-state index contributed by atoms with van der Waals surface area (Å²) in [6.07, 6.45) is 5.49. The first kappa shape index (κ1) is 13.8. The Morgan fingerprint density at radius 2 is 2.25 bits per heavy atom. The second-order valence-corrected chi connectivity index (χ2v) is 6.04. The molecule has 1 aliphatic carbocycles. The second kappa shape index (κ2) is 5.65. The van der Waals surface area contributed by atoms with Crippen molar-refractivity contribution >= 4 is 15.9 Å². The van der Waals surface area contributed by atoms with Crippen LogP contribution in [-0.4, -0.2) is 30.8 Å². The summed E-state index contributed by atoms with van der Waals surface area (Å²) in [5, 5.41) is 16.3. The summed E-state index contributed by atoms with van der Waals surface area (Å²) in [6.45, 7) is 3.59. The number of halogens is 1. The number of hydrogen-bond acceptors (Lipinski definition) is 4. The molecule has 0 amide bonds. The van der Waals surface area contributed by atoms with Gasteiger partial charge in [-0.15, -0.1) is 5.10 Å².